The van der Waals surface area contributed by atoms with Gasteiger partial charge in [-0.25, -0.2) is 0 Å². The summed E-state index contributed by atoms with van der Waals surface area (Å²) in [6.45, 7) is 6.86. The quantitative estimate of drug-likeness (QED) is 0.681. The first kappa shape index (κ1) is 16.0. The summed E-state index contributed by atoms with van der Waals surface area (Å²) in [5.41, 5.74) is 1.06. The first-order valence-corrected chi connectivity index (χ1v) is 7.53. The van der Waals surface area contributed by atoms with Crippen molar-refractivity contribution in [1.29, 1.82) is 0 Å². The van der Waals surface area contributed by atoms with E-state index in [0.29, 0.717) is 19.6 Å². The molecule has 0 heterocycles. The molecule has 0 aliphatic carbocycles. The van der Waals surface area contributed by atoms with Crippen LogP contribution in [0.25, 0.3) is 0 Å². The number of benzene rings is 1. The lowest BCUT2D eigenvalue weighted by molar-refractivity contribution is -0.116. The van der Waals surface area contributed by atoms with Crippen LogP contribution in [0.5, 0.6) is 11.5 Å². The van der Waals surface area contributed by atoms with Crippen molar-refractivity contribution >= 4 is 21.7 Å². The van der Waals surface area contributed by atoms with Crippen LogP contribution in [0.4, 0.5) is 0 Å². The van der Waals surface area contributed by atoms with E-state index >= 15 is 0 Å². The zero-order valence-electron chi connectivity index (χ0n) is 11.7. The van der Waals surface area contributed by atoms with E-state index in [9.17, 15) is 4.79 Å². The minimum Gasteiger partial charge on any atom is -0.490 e. The Morgan fingerprint density at radius 2 is 2.00 bits per heavy atom. The molecule has 0 radical (unpaired) electrons. The van der Waals surface area contributed by atoms with Crippen molar-refractivity contribution in [2.45, 2.75) is 38.4 Å². The number of halogens is 1. The van der Waals surface area contributed by atoms with E-state index < -0.39 is 0 Å². The van der Waals surface area contributed by atoms with Gasteiger partial charge < -0.3 is 9.47 Å². The van der Waals surface area contributed by atoms with Gasteiger partial charge in [0.15, 0.2) is 11.5 Å². The predicted octanol–water partition coefficient (Wildman–Crippen LogP) is 3.77. The smallest absolute Gasteiger partial charge is 0.161 e. The molecule has 0 bridgehead atoms. The second-order valence-electron chi connectivity index (χ2n) is 4.34. The van der Waals surface area contributed by atoms with E-state index in [-0.39, 0.29) is 10.6 Å². The fourth-order valence-corrected chi connectivity index (χ4v) is 2.00. The van der Waals surface area contributed by atoms with Gasteiger partial charge in [0.2, 0.25) is 0 Å². The molecule has 1 atom stereocenters. The van der Waals surface area contributed by atoms with Crippen LogP contribution in [0, 0.1) is 0 Å². The molecule has 0 spiro atoms. The number of alkyl halides is 1. The van der Waals surface area contributed by atoms with Crippen molar-refractivity contribution in [2.75, 3.05) is 13.2 Å². The number of hydrogen-bond donors (Lipinski definition) is 0. The Morgan fingerprint density at radius 1 is 1.26 bits per heavy atom. The van der Waals surface area contributed by atoms with Gasteiger partial charge in [0.05, 0.1) is 18.0 Å². The summed E-state index contributed by atoms with van der Waals surface area (Å²) in [5.74, 6) is 1.64. The third kappa shape index (κ3) is 5.23. The highest BCUT2D eigenvalue weighted by Crippen LogP contribution is 2.29. The molecule has 0 saturated carbocycles. The number of rotatable bonds is 8. The zero-order chi connectivity index (χ0) is 14.3. The molecule has 0 fully saturated rings. The molecule has 19 heavy (non-hydrogen) atoms. The zero-order valence-corrected chi connectivity index (χ0v) is 13.3. The molecule has 0 saturated heterocycles. The van der Waals surface area contributed by atoms with E-state index in [1.54, 1.807) is 6.92 Å². The molecule has 0 aliphatic heterocycles. The number of hydrogen-bond acceptors (Lipinski definition) is 3. The topological polar surface area (TPSA) is 35.5 Å². The van der Waals surface area contributed by atoms with Gasteiger partial charge >= 0.3 is 0 Å². The molecule has 0 amide bonds. The summed E-state index contributed by atoms with van der Waals surface area (Å²) < 4.78 is 11.2. The molecule has 0 aliphatic rings. The van der Waals surface area contributed by atoms with Crippen molar-refractivity contribution in [3.63, 3.8) is 0 Å². The fraction of sp³-hybridized carbons (Fsp3) is 0.533. The van der Waals surface area contributed by atoms with E-state index in [2.05, 4.69) is 22.9 Å². The van der Waals surface area contributed by atoms with Crippen molar-refractivity contribution in [2.24, 2.45) is 0 Å². The Bertz CT molecular complexity index is 418. The van der Waals surface area contributed by atoms with Gasteiger partial charge in [0.1, 0.15) is 5.78 Å². The molecule has 1 unspecified atom stereocenters. The third-order valence-corrected chi connectivity index (χ3v) is 3.59. The maximum atomic E-state index is 11.3. The monoisotopic (exact) mass is 328 g/mol. The molecule has 4 heteroatoms. The molecule has 1 rings (SSSR count). The van der Waals surface area contributed by atoms with Crippen LogP contribution < -0.4 is 9.47 Å². The van der Waals surface area contributed by atoms with E-state index in [1.165, 1.54) is 0 Å². The Morgan fingerprint density at radius 3 is 2.58 bits per heavy atom. The number of ether oxygens (including phenoxy) is 2. The summed E-state index contributed by atoms with van der Waals surface area (Å²) in [6, 6.07) is 5.84. The normalized spacial score (nSPS) is 12.0. The highest BCUT2D eigenvalue weighted by Gasteiger charge is 2.13. The standard InChI is InChI=1S/C15H21BrO3/c1-4-8-19-14-7-6-12(9-13(16)11(3)17)10-15(14)18-5-2/h6-7,10,13H,4-5,8-9H2,1-3H3. The van der Waals surface area contributed by atoms with Gasteiger partial charge in [-0.2, -0.15) is 0 Å². The Hall–Kier alpha value is -1.03. The average molecular weight is 329 g/mol. The number of ketones is 1. The summed E-state index contributed by atoms with van der Waals surface area (Å²) in [4.78, 5) is 11.1. The first-order valence-electron chi connectivity index (χ1n) is 6.61. The highest BCUT2D eigenvalue weighted by molar-refractivity contribution is 9.10. The molecule has 1 aromatic carbocycles. The molecule has 106 valence electrons. The Balaban J connectivity index is 2.85. The summed E-state index contributed by atoms with van der Waals surface area (Å²) >= 11 is 3.38. The van der Waals surface area contributed by atoms with Crippen LogP contribution in [-0.2, 0) is 11.2 Å². The summed E-state index contributed by atoms with van der Waals surface area (Å²) in [5, 5.41) is 0. The van der Waals surface area contributed by atoms with Crippen LogP contribution in [0.3, 0.4) is 0 Å². The van der Waals surface area contributed by atoms with Gasteiger partial charge in [-0.1, -0.05) is 28.9 Å². The van der Waals surface area contributed by atoms with Crippen LogP contribution in [0.15, 0.2) is 18.2 Å². The van der Waals surface area contributed by atoms with E-state index in [0.717, 1.165) is 23.5 Å². The summed E-state index contributed by atoms with van der Waals surface area (Å²) in [6.07, 6.45) is 1.62. The predicted molar refractivity (Wildman–Crippen MR) is 80.5 cm³/mol. The van der Waals surface area contributed by atoms with Crippen LogP contribution in [-0.4, -0.2) is 23.8 Å². The fourth-order valence-electron chi connectivity index (χ4n) is 1.63. The van der Waals surface area contributed by atoms with E-state index in [1.807, 2.05) is 25.1 Å². The molecular weight excluding hydrogens is 308 g/mol. The third-order valence-electron chi connectivity index (χ3n) is 2.63. The van der Waals surface area contributed by atoms with Crippen molar-refractivity contribution in [3.05, 3.63) is 23.8 Å². The molecule has 1 aromatic rings. The first-order chi connectivity index (χ1) is 9.08. The molecule has 0 aromatic heterocycles. The van der Waals surface area contributed by atoms with Crippen LogP contribution in [0.2, 0.25) is 0 Å². The lowest BCUT2D eigenvalue weighted by Crippen LogP contribution is -2.12. The number of Topliss-reactive ketones (excluding diaryl/α,β-unsaturated/α-hetero) is 1. The minimum atomic E-state index is -0.149. The maximum Gasteiger partial charge on any atom is 0.161 e. The number of carbonyl (C=O) groups is 1. The Kier molecular flexibility index (Phi) is 6.92. The highest BCUT2D eigenvalue weighted by atomic mass is 79.9. The molecule has 0 N–H and O–H groups in total. The van der Waals surface area contributed by atoms with Gasteiger partial charge in [-0.3, -0.25) is 4.79 Å². The Labute approximate surface area is 123 Å². The van der Waals surface area contributed by atoms with Crippen molar-refractivity contribution in [1.82, 2.24) is 0 Å². The second-order valence-corrected chi connectivity index (χ2v) is 5.45. The van der Waals surface area contributed by atoms with Gasteiger partial charge in [0, 0.05) is 0 Å². The lowest BCUT2D eigenvalue weighted by atomic mass is 10.1. The van der Waals surface area contributed by atoms with Crippen LogP contribution in [0.1, 0.15) is 32.8 Å². The van der Waals surface area contributed by atoms with Crippen molar-refractivity contribution in [3.8, 4) is 11.5 Å². The number of carbonyl (C=O) groups excluding carboxylic acids is 1. The SMILES string of the molecule is CCCOc1ccc(CC(Br)C(C)=O)cc1OCC. The average Bonchev–Trinajstić information content (AvgIpc) is 2.38. The molecule has 3 nitrogen and oxygen atoms in total. The second kappa shape index (κ2) is 8.20. The van der Waals surface area contributed by atoms with Crippen molar-refractivity contribution < 1.29 is 14.3 Å². The van der Waals surface area contributed by atoms with Gasteiger partial charge in [-0.05, 0) is 44.4 Å². The van der Waals surface area contributed by atoms with Crippen LogP contribution >= 0.6 is 15.9 Å². The minimum absolute atomic E-state index is 0.129. The van der Waals surface area contributed by atoms with E-state index in [4.69, 9.17) is 9.47 Å². The largest absolute Gasteiger partial charge is 0.490 e. The summed E-state index contributed by atoms with van der Waals surface area (Å²) in [7, 11) is 0. The lowest BCUT2D eigenvalue weighted by Gasteiger charge is -2.14. The molecular formula is C15H21BrO3. The van der Waals surface area contributed by atoms with Gasteiger partial charge in [0.25, 0.3) is 0 Å². The maximum absolute atomic E-state index is 11.3. The van der Waals surface area contributed by atoms with Gasteiger partial charge in [-0.15, -0.1) is 0 Å².